The normalized spacial score (nSPS) is 9.48. The van der Waals surface area contributed by atoms with Crippen LogP contribution in [0, 0.1) is 0 Å². The summed E-state index contributed by atoms with van der Waals surface area (Å²) in [7, 11) is 0. The molecule has 0 aliphatic rings. The van der Waals surface area contributed by atoms with Gasteiger partial charge < -0.3 is 19.7 Å². The van der Waals surface area contributed by atoms with Crippen LogP contribution in [0.5, 0.6) is 0 Å². The van der Waals surface area contributed by atoms with Crippen LogP contribution < -0.4 is 0 Å². The molecule has 0 amide bonds. The molecule has 0 aromatic carbocycles. The number of carbonyl (C=O) groups excluding carboxylic acids is 4. The number of carbonyl (C=O) groups is 5. The van der Waals surface area contributed by atoms with E-state index >= 15 is 0 Å². The number of aliphatic hydroxyl groups is 1. The third kappa shape index (κ3) is 11.0. The molecule has 0 radical (unpaired) electrons. The van der Waals surface area contributed by atoms with Gasteiger partial charge in [-0.15, -0.1) is 0 Å². The second-order valence-electron chi connectivity index (χ2n) is 3.62. The maximum absolute atomic E-state index is 11.1. The molecule has 0 aliphatic heterocycles. The first kappa shape index (κ1) is 25.7. The summed E-state index contributed by atoms with van der Waals surface area (Å²) in [6.45, 7) is 1.81. The molecular weight excluding hydrogens is 310 g/mol. The molecule has 0 unspecified atom stereocenters. The number of esters is 4. The molecule has 0 saturated heterocycles. The van der Waals surface area contributed by atoms with Crippen LogP contribution in [0.1, 0.15) is 26.7 Å². The summed E-state index contributed by atoms with van der Waals surface area (Å²) in [6, 6.07) is 0. The van der Waals surface area contributed by atoms with Crippen LogP contribution in [-0.4, -0.2) is 105 Å². The zero-order valence-corrected chi connectivity index (χ0v) is 10.2. The molecular formula is C10H14Na2O9. The van der Waals surface area contributed by atoms with E-state index < -0.39 is 48.3 Å². The van der Waals surface area contributed by atoms with Gasteiger partial charge in [-0.1, -0.05) is 0 Å². The van der Waals surface area contributed by atoms with Crippen LogP contribution in [0.15, 0.2) is 0 Å². The summed E-state index contributed by atoms with van der Waals surface area (Å²) in [6.07, 6.45) is -2.29. The van der Waals surface area contributed by atoms with Crippen molar-refractivity contribution in [3.63, 3.8) is 0 Å². The molecule has 0 aliphatic carbocycles. The quantitative estimate of drug-likeness (QED) is 0.317. The summed E-state index contributed by atoms with van der Waals surface area (Å²) < 4.78 is 8.08. The van der Waals surface area contributed by atoms with E-state index in [4.69, 9.17) is 5.11 Å². The van der Waals surface area contributed by atoms with Gasteiger partial charge in [0.25, 0.3) is 0 Å². The van der Waals surface area contributed by atoms with Crippen molar-refractivity contribution < 1.29 is 43.7 Å². The maximum atomic E-state index is 11.1. The predicted octanol–water partition coefficient (Wildman–Crippen LogP) is -2.54. The fourth-order valence-electron chi connectivity index (χ4n) is 1.08. The molecule has 9 nitrogen and oxygen atoms in total. The Morgan fingerprint density at radius 3 is 1.33 bits per heavy atom. The first-order valence-corrected chi connectivity index (χ1v) is 4.95. The molecule has 0 rings (SSSR count). The van der Waals surface area contributed by atoms with Gasteiger partial charge in [-0.25, -0.2) is 4.79 Å². The van der Waals surface area contributed by atoms with Crippen molar-refractivity contribution in [2.24, 2.45) is 0 Å². The number of rotatable bonds is 5. The van der Waals surface area contributed by atoms with Crippen molar-refractivity contribution in [3.8, 4) is 0 Å². The summed E-state index contributed by atoms with van der Waals surface area (Å²) in [4.78, 5) is 54.0. The Morgan fingerprint density at radius 2 is 1.14 bits per heavy atom. The molecule has 0 heterocycles. The number of aliphatic carboxylic acids is 1. The van der Waals surface area contributed by atoms with Crippen molar-refractivity contribution >= 4 is 89.0 Å². The fraction of sp³-hybridized carbons (Fsp3) is 0.500. The van der Waals surface area contributed by atoms with E-state index in [1.807, 2.05) is 0 Å². The summed E-state index contributed by atoms with van der Waals surface area (Å²) in [5, 5.41) is 18.4. The first-order valence-electron chi connectivity index (χ1n) is 4.95. The molecule has 2 N–H and O–H groups in total. The molecule has 11 heteroatoms. The Hall–Kier alpha value is -0.290. The minimum absolute atomic E-state index is 0. The second kappa shape index (κ2) is 11.3. The molecule has 0 atom stereocenters. The van der Waals surface area contributed by atoms with Gasteiger partial charge in [0.2, 0.25) is 0 Å². The zero-order valence-electron chi connectivity index (χ0n) is 10.2. The van der Waals surface area contributed by atoms with Crippen LogP contribution in [0.25, 0.3) is 0 Å². The van der Waals surface area contributed by atoms with Crippen LogP contribution >= 0.6 is 0 Å². The van der Waals surface area contributed by atoms with Gasteiger partial charge in [0, 0.05) is 13.8 Å². The molecule has 0 aromatic rings. The van der Waals surface area contributed by atoms with Crippen LogP contribution in [0.4, 0.5) is 0 Å². The van der Waals surface area contributed by atoms with Gasteiger partial charge in [-0.2, -0.15) is 0 Å². The predicted molar refractivity (Wildman–Crippen MR) is 69.7 cm³/mol. The average Bonchev–Trinajstić information content (AvgIpc) is 2.12. The molecule has 110 valence electrons. The third-order valence-electron chi connectivity index (χ3n) is 1.79. The number of ether oxygens (including phenoxy) is 2. The van der Waals surface area contributed by atoms with Crippen molar-refractivity contribution in [1.82, 2.24) is 0 Å². The topological polar surface area (TPSA) is 144 Å². The summed E-state index contributed by atoms with van der Waals surface area (Å²) >= 11 is 0. The van der Waals surface area contributed by atoms with Gasteiger partial charge >= 0.3 is 89.0 Å². The van der Waals surface area contributed by atoms with E-state index in [2.05, 4.69) is 9.47 Å². The van der Waals surface area contributed by atoms with Gasteiger partial charge in [-0.3, -0.25) is 19.2 Å². The Morgan fingerprint density at radius 1 is 0.857 bits per heavy atom. The van der Waals surface area contributed by atoms with E-state index in [1.54, 1.807) is 0 Å². The van der Waals surface area contributed by atoms with Crippen LogP contribution in [0.2, 0.25) is 0 Å². The summed E-state index contributed by atoms with van der Waals surface area (Å²) in [5.74, 6) is -6.54. The standard InChI is InChI=1S/C10H12O9.2Na.2H/c1-5(11)18-7(13)3-10(17,9(15)16)4-8(14)19-6(2)12;;;;/h17H,3-4H2,1-2H3,(H,15,16);;;;. The number of hydrogen-bond donors (Lipinski definition) is 2. The molecule has 0 fully saturated rings. The fourth-order valence-corrected chi connectivity index (χ4v) is 1.08. The first-order chi connectivity index (χ1) is 8.56. The van der Waals surface area contributed by atoms with Crippen molar-refractivity contribution in [3.05, 3.63) is 0 Å². The zero-order chi connectivity index (χ0) is 15.2. The van der Waals surface area contributed by atoms with Crippen molar-refractivity contribution in [1.29, 1.82) is 0 Å². The summed E-state index contributed by atoms with van der Waals surface area (Å²) in [5.41, 5.74) is -2.82. The number of hydrogen-bond acceptors (Lipinski definition) is 8. The Balaban J connectivity index is -0.00000162. The minimum atomic E-state index is -2.82. The third-order valence-corrected chi connectivity index (χ3v) is 1.79. The van der Waals surface area contributed by atoms with Crippen LogP contribution in [0.3, 0.4) is 0 Å². The molecule has 0 bridgehead atoms. The average molecular weight is 324 g/mol. The molecule has 0 aromatic heterocycles. The van der Waals surface area contributed by atoms with Gasteiger partial charge in [-0.05, 0) is 0 Å². The Labute approximate surface area is 163 Å². The van der Waals surface area contributed by atoms with E-state index in [0.29, 0.717) is 0 Å². The van der Waals surface area contributed by atoms with E-state index in [1.165, 1.54) is 0 Å². The Kier molecular flexibility index (Phi) is 13.8. The number of carboxylic acid groups (broad SMARTS) is 1. The molecule has 21 heavy (non-hydrogen) atoms. The second-order valence-corrected chi connectivity index (χ2v) is 3.62. The molecule has 0 spiro atoms. The van der Waals surface area contributed by atoms with Crippen molar-refractivity contribution in [2.75, 3.05) is 0 Å². The van der Waals surface area contributed by atoms with E-state index in [0.717, 1.165) is 13.8 Å². The van der Waals surface area contributed by atoms with Crippen LogP contribution in [-0.2, 0) is 33.4 Å². The molecule has 0 saturated carbocycles. The Bertz CT molecular complexity index is 402. The monoisotopic (exact) mass is 324 g/mol. The SMILES string of the molecule is CC(=O)OC(=O)CC(O)(CC(=O)OC(C)=O)C(=O)O.[NaH].[NaH]. The van der Waals surface area contributed by atoms with Gasteiger partial charge in [0.1, 0.15) is 0 Å². The van der Waals surface area contributed by atoms with E-state index in [9.17, 15) is 29.1 Å². The van der Waals surface area contributed by atoms with E-state index in [-0.39, 0.29) is 59.1 Å². The van der Waals surface area contributed by atoms with Gasteiger partial charge in [0.05, 0.1) is 12.8 Å². The van der Waals surface area contributed by atoms with Gasteiger partial charge in [0.15, 0.2) is 5.60 Å². The van der Waals surface area contributed by atoms with Crippen molar-refractivity contribution in [2.45, 2.75) is 32.3 Å². The number of carboxylic acids is 1.